The number of carbonyl (C=O) groups is 1. The predicted molar refractivity (Wildman–Crippen MR) is 84.8 cm³/mol. The van der Waals surface area contributed by atoms with Crippen LogP contribution in [0.3, 0.4) is 0 Å². The molecule has 5 nitrogen and oxygen atoms in total. The third-order valence-electron chi connectivity index (χ3n) is 3.25. The lowest BCUT2D eigenvalue weighted by Gasteiger charge is -2.15. The van der Waals surface area contributed by atoms with E-state index in [0.717, 1.165) is 0 Å². The molecule has 122 valence electrons. The lowest BCUT2D eigenvalue weighted by molar-refractivity contribution is -0.115. The molecule has 1 amide bonds. The van der Waals surface area contributed by atoms with Crippen LogP contribution in [0.5, 0.6) is 17.2 Å². The second-order valence-corrected chi connectivity index (χ2v) is 4.73. The SMILES string of the molecule is COc1ccc(CC(=O)Nc2cccc(F)c2)c(OC)c1OC. The zero-order valence-corrected chi connectivity index (χ0v) is 13.2. The average Bonchev–Trinajstić information content (AvgIpc) is 2.54. The van der Waals surface area contributed by atoms with E-state index in [1.54, 1.807) is 18.2 Å². The highest BCUT2D eigenvalue weighted by atomic mass is 19.1. The Kier molecular flexibility index (Phi) is 5.41. The predicted octanol–water partition coefficient (Wildman–Crippen LogP) is 3.03. The van der Waals surface area contributed by atoms with Crippen molar-refractivity contribution in [3.63, 3.8) is 0 Å². The van der Waals surface area contributed by atoms with Crippen LogP contribution in [0.2, 0.25) is 0 Å². The van der Waals surface area contributed by atoms with Crippen molar-refractivity contribution >= 4 is 11.6 Å². The first kappa shape index (κ1) is 16.6. The largest absolute Gasteiger partial charge is 0.493 e. The number of halogens is 1. The van der Waals surface area contributed by atoms with Gasteiger partial charge >= 0.3 is 0 Å². The second-order valence-electron chi connectivity index (χ2n) is 4.73. The Morgan fingerprint density at radius 2 is 1.78 bits per heavy atom. The second kappa shape index (κ2) is 7.49. The van der Waals surface area contributed by atoms with Gasteiger partial charge in [-0.05, 0) is 24.3 Å². The minimum absolute atomic E-state index is 0.0556. The first-order valence-corrected chi connectivity index (χ1v) is 6.92. The molecule has 0 heterocycles. The smallest absolute Gasteiger partial charge is 0.228 e. The summed E-state index contributed by atoms with van der Waals surface area (Å²) in [7, 11) is 4.51. The number of ether oxygens (including phenoxy) is 3. The van der Waals surface area contributed by atoms with E-state index in [2.05, 4.69) is 5.32 Å². The molecule has 0 aliphatic rings. The Balaban J connectivity index is 2.20. The van der Waals surface area contributed by atoms with Crippen LogP contribution in [0, 0.1) is 5.82 Å². The van der Waals surface area contributed by atoms with Crippen LogP contribution in [0.4, 0.5) is 10.1 Å². The van der Waals surface area contributed by atoms with E-state index in [0.29, 0.717) is 28.5 Å². The number of benzene rings is 2. The Labute approximate surface area is 134 Å². The molecule has 0 saturated carbocycles. The van der Waals surface area contributed by atoms with Gasteiger partial charge in [0, 0.05) is 11.3 Å². The average molecular weight is 319 g/mol. The molecule has 6 heteroatoms. The van der Waals surface area contributed by atoms with Crippen molar-refractivity contribution < 1.29 is 23.4 Å². The van der Waals surface area contributed by atoms with Gasteiger partial charge in [0.2, 0.25) is 11.7 Å². The highest BCUT2D eigenvalue weighted by Gasteiger charge is 2.17. The Morgan fingerprint density at radius 1 is 1.04 bits per heavy atom. The van der Waals surface area contributed by atoms with Gasteiger partial charge in [-0.3, -0.25) is 4.79 Å². The van der Waals surface area contributed by atoms with Gasteiger partial charge in [-0.25, -0.2) is 4.39 Å². The highest BCUT2D eigenvalue weighted by Crippen LogP contribution is 2.39. The van der Waals surface area contributed by atoms with Crippen LogP contribution >= 0.6 is 0 Å². The first-order valence-electron chi connectivity index (χ1n) is 6.92. The summed E-state index contributed by atoms with van der Waals surface area (Å²) in [6.45, 7) is 0. The van der Waals surface area contributed by atoms with Crippen molar-refractivity contribution in [2.45, 2.75) is 6.42 Å². The monoisotopic (exact) mass is 319 g/mol. The maximum Gasteiger partial charge on any atom is 0.228 e. The zero-order chi connectivity index (χ0) is 16.8. The molecule has 2 aromatic rings. The molecule has 0 radical (unpaired) electrons. The number of rotatable bonds is 6. The number of hydrogen-bond donors (Lipinski definition) is 1. The van der Waals surface area contributed by atoms with Crippen LogP contribution < -0.4 is 19.5 Å². The molecule has 0 aliphatic carbocycles. The van der Waals surface area contributed by atoms with Crippen molar-refractivity contribution in [2.24, 2.45) is 0 Å². The molecule has 0 aliphatic heterocycles. The van der Waals surface area contributed by atoms with E-state index < -0.39 is 5.82 Å². The van der Waals surface area contributed by atoms with Gasteiger partial charge in [0.05, 0.1) is 27.8 Å². The molecule has 0 bridgehead atoms. The summed E-state index contributed by atoms with van der Waals surface area (Å²) in [5.74, 6) is 0.665. The van der Waals surface area contributed by atoms with Crippen molar-refractivity contribution in [3.8, 4) is 17.2 Å². The number of amides is 1. The van der Waals surface area contributed by atoms with Gasteiger partial charge in [0.15, 0.2) is 11.5 Å². The number of nitrogens with one attached hydrogen (secondary N) is 1. The van der Waals surface area contributed by atoms with E-state index in [1.165, 1.54) is 39.5 Å². The maximum absolute atomic E-state index is 13.1. The third kappa shape index (κ3) is 3.91. The molecular weight excluding hydrogens is 301 g/mol. The quantitative estimate of drug-likeness (QED) is 0.889. The van der Waals surface area contributed by atoms with Crippen molar-refractivity contribution in [1.82, 2.24) is 0 Å². The fraction of sp³-hybridized carbons (Fsp3) is 0.235. The van der Waals surface area contributed by atoms with Gasteiger partial charge in [-0.1, -0.05) is 12.1 Å². The molecule has 0 saturated heterocycles. The number of anilines is 1. The summed E-state index contributed by atoms with van der Waals surface area (Å²) in [4.78, 5) is 12.2. The van der Waals surface area contributed by atoms with Crippen LogP contribution in [0.15, 0.2) is 36.4 Å². The van der Waals surface area contributed by atoms with E-state index >= 15 is 0 Å². The molecule has 0 aromatic heterocycles. The van der Waals surface area contributed by atoms with Gasteiger partial charge in [0.25, 0.3) is 0 Å². The number of carbonyl (C=O) groups excluding carboxylic acids is 1. The molecule has 2 aromatic carbocycles. The van der Waals surface area contributed by atoms with Crippen LogP contribution in [0.25, 0.3) is 0 Å². The lowest BCUT2D eigenvalue weighted by Crippen LogP contribution is -2.15. The van der Waals surface area contributed by atoms with Gasteiger partial charge in [0.1, 0.15) is 5.82 Å². The molecule has 0 fully saturated rings. The van der Waals surface area contributed by atoms with Crippen LogP contribution in [-0.4, -0.2) is 27.2 Å². The van der Waals surface area contributed by atoms with E-state index in [1.807, 2.05) is 0 Å². The number of hydrogen-bond acceptors (Lipinski definition) is 4. The molecule has 1 N–H and O–H groups in total. The van der Waals surface area contributed by atoms with Crippen molar-refractivity contribution in [3.05, 3.63) is 47.8 Å². The van der Waals surface area contributed by atoms with Crippen molar-refractivity contribution in [2.75, 3.05) is 26.6 Å². The summed E-state index contributed by atoms with van der Waals surface area (Å²) in [5.41, 5.74) is 1.04. The summed E-state index contributed by atoms with van der Waals surface area (Å²) in [6, 6.07) is 9.14. The highest BCUT2D eigenvalue weighted by molar-refractivity contribution is 5.92. The Bertz CT molecular complexity index is 703. The minimum Gasteiger partial charge on any atom is -0.493 e. The van der Waals surface area contributed by atoms with Crippen LogP contribution in [0.1, 0.15) is 5.56 Å². The third-order valence-corrected chi connectivity index (χ3v) is 3.25. The normalized spacial score (nSPS) is 10.1. The standard InChI is InChI=1S/C17H18FNO4/c1-21-14-8-7-11(16(22-2)17(14)23-3)9-15(20)19-13-6-4-5-12(18)10-13/h4-8,10H,9H2,1-3H3,(H,19,20). The number of methoxy groups -OCH3 is 3. The maximum atomic E-state index is 13.1. The summed E-state index contributed by atoms with van der Waals surface area (Å²) >= 11 is 0. The van der Waals surface area contributed by atoms with Gasteiger partial charge in [-0.2, -0.15) is 0 Å². The fourth-order valence-corrected chi connectivity index (χ4v) is 2.25. The summed E-state index contributed by atoms with van der Waals surface area (Å²) < 4.78 is 29.0. The molecule has 0 unspecified atom stereocenters. The molecule has 2 rings (SSSR count). The van der Waals surface area contributed by atoms with Gasteiger partial charge < -0.3 is 19.5 Å². The fourth-order valence-electron chi connectivity index (χ4n) is 2.25. The molecule has 0 spiro atoms. The van der Waals surface area contributed by atoms with E-state index in [4.69, 9.17) is 14.2 Å². The molecule has 23 heavy (non-hydrogen) atoms. The summed E-state index contributed by atoms with van der Waals surface area (Å²) in [5, 5.41) is 2.64. The lowest BCUT2D eigenvalue weighted by atomic mass is 10.1. The van der Waals surface area contributed by atoms with Gasteiger partial charge in [-0.15, -0.1) is 0 Å². The van der Waals surface area contributed by atoms with E-state index in [9.17, 15) is 9.18 Å². The first-order chi connectivity index (χ1) is 11.1. The Morgan fingerprint density at radius 3 is 2.39 bits per heavy atom. The van der Waals surface area contributed by atoms with Crippen molar-refractivity contribution in [1.29, 1.82) is 0 Å². The Hall–Kier alpha value is -2.76. The summed E-state index contributed by atoms with van der Waals surface area (Å²) in [6.07, 6.45) is 0.0556. The van der Waals surface area contributed by atoms with Crippen LogP contribution in [-0.2, 0) is 11.2 Å². The zero-order valence-electron chi connectivity index (χ0n) is 13.2. The van der Waals surface area contributed by atoms with E-state index in [-0.39, 0.29) is 12.3 Å². The molecule has 0 atom stereocenters. The topological polar surface area (TPSA) is 56.8 Å². The molecular formula is C17H18FNO4. The minimum atomic E-state index is -0.411.